The average molecular weight is 473 g/mol. The Labute approximate surface area is 201 Å². The predicted molar refractivity (Wildman–Crippen MR) is 126 cm³/mol. The zero-order valence-electron chi connectivity index (χ0n) is 19.5. The smallest absolute Gasteiger partial charge is 0.259 e. The Hall–Kier alpha value is -4.58. The van der Waals surface area contributed by atoms with E-state index in [1.54, 1.807) is 35.9 Å². The Bertz CT molecular complexity index is 1470. The number of rotatable bonds is 5. The third-order valence-corrected chi connectivity index (χ3v) is 6.22. The highest BCUT2D eigenvalue weighted by molar-refractivity contribution is 5.59. The molecule has 35 heavy (non-hydrogen) atoms. The maximum absolute atomic E-state index is 13.9. The van der Waals surface area contributed by atoms with Crippen LogP contribution in [-0.4, -0.2) is 25.6 Å². The highest BCUT2D eigenvalue weighted by Gasteiger charge is 2.36. The van der Waals surface area contributed by atoms with Crippen LogP contribution in [0.3, 0.4) is 0 Å². The van der Waals surface area contributed by atoms with E-state index in [-0.39, 0.29) is 23.8 Å². The van der Waals surface area contributed by atoms with Crippen molar-refractivity contribution in [2.75, 3.05) is 21.0 Å². The first-order chi connectivity index (χ1) is 16.9. The number of hydrogen-bond acceptors (Lipinski definition) is 8. The van der Waals surface area contributed by atoms with Crippen molar-refractivity contribution in [3.63, 3.8) is 0 Å². The van der Waals surface area contributed by atoms with Crippen molar-refractivity contribution in [2.45, 2.75) is 19.4 Å². The van der Waals surface area contributed by atoms with Crippen LogP contribution in [0.4, 0.5) is 0 Å². The third-order valence-electron chi connectivity index (χ3n) is 6.22. The van der Waals surface area contributed by atoms with E-state index in [4.69, 9.17) is 29.4 Å². The van der Waals surface area contributed by atoms with E-state index in [9.17, 15) is 10.1 Å². The van der Waals surface area contributed by atoms with Gasteiger partial charge in [-0.2, -0.15) is 5.26 Å². The van der Waals surface area contributed by atoms with Crippen LogP contribution in [0.15, 0.2) is 58.7 Å². The van der Waals surface area contributed by atoms with E-state index in [0.717, 1.165) is 5.56 Å². The van der Waals surface area contributed by atoms with Crippen molar-refractivity contribution in [3.8, 4) is 34.8 Å². The Balaban J connectivity index is 1.67. The standard InChI is InChI=1S/C26H23N3O6/c1-14-8-22-24(26(30)29(14)12-15-4-7-19-21(9-15)34-13-33-19)23(18(11-27)25(28)35-22)17-6-5-16(31-2)10-20(17)32-3/h4-10,23H,12-13,28H2,1-3H3/t23-/m1/s1. The highest BCUT2D eigenvalue weighted by atomic mass is 16.7. The normalized spacial score (nSPS) is 15.8. The summed E-state index contributed by atoms with van der Waals surface area (Å²) in [5.41, 5.74) is 8.43. The number of allylic oxidation sites excluding steroid dienone is 1. The number of nitrogens with zero attached hydrogens (tertiary/aromatic N) is 2. The van der Waals surface area contributed by atoms with Gasteiger partial charge in [-0.15, -0.1) is 0 Å². The largest absolute Gasteiger partial charge is 0.497 e. The Morgan fingerprint density at radius 3 is 2.63 bits per heavy atom. The van der Waals surface area contributed by atoms with E-state index in [1.807, 2.05) is 25.1 Å². The first kappa shape index (κ1) is 22.2. The first-order valence-corrected chi connectivity index (χ1v) is 10.9. The molecule has 0 bridgehead atoms. The van der Waals surface area contributed by atoms with Gasteiger partial charge in [-0.3, -0.25) is 4.79 Å². The molecule has 178 valence electrons. The second-order valence-corrected chi connectivity index (χ2v) is 8.18. The third kappa shape index (κ3) is 3.69. The predicted octanol–water partition coefficient (Wildman–Crippen LogP) is 3.17. The van der Waals surface area contributed by atoms with Crippen molar-refractivity contribution < 1.29 is 23.7 Å². The van der Waals surface area contributed by atoms with Crippen molar-refractivity contribution in [1.82, 2.24) is 4.57 Å². The summed E-state index contributed by atoms with van der Waals surface area (Å²) >= 11 is 0. The number of nitrogens with two attached hydrogens (primary N) is 1. The van der Waals surface area contributed by atoms with Crippen molar-refractivity contribution in [1.29, 1.82) is 5.26 Å². The second kappa shape index (κ2) is 8.65. The lowest BCUT2D eigenvalue weighted by atomic mass is 9.83. The van der Waals surface area contributed by atoms with Gasteiger partial charge in [0.1, 0.15) is 28.9 Å². The summed E-state index contributed by atoms with van der Waals surface area (Å²) in [4.78, 5) is 13.9. The summed E-state index contributed by atoms with van der Waals surface area (Å²) < 4.78 is 29.1. The summed E-state index contributed by atoms with van der Waals surface area (Å²) in [5.74, 6) is 1.84. The Kier molecular flexibility index (Phi) is 5.49. The first-order valence-electron chi connectivity index (χ1n) is 10.9. The number of hydrogen-bond donors (Lipinski definition) is 1. The van der Waals surface area contributed by atoms with Crippen LogP contribution >= 0.6 is 0 Å². The fraction of sp³-hybridized carbons (Fsp3) is 0.231. The summed E-state index contributed by atoms with van der Waals surface area (Å²) in [6.07, 6.45) is 0. The lowest BCUT2D eigenvalue weighted by Crippen LogP contribution is -2.33. The van der Waals surface area contributed by atoms with Gasteiger partial charge in [0.05, 0.1) is 32.2 Å². The molecule has 0 saturated carbocycles. The number of methoxy groups -OCH3 is 2. The molecule has 9 nitrogen and oxygen atoms in total. The molecule has 0 radical (unpaired) electrons. The zero-order valence-corrected chi connectivity index (χ0v) is 19.5. The van der Waals surface area contributed by atoms with Gasteiger partial charge in [-0.1, -0.05) is 12.1 Å². The molecule has 3 heterocycles. The number of ether oxygens (including phenoxy) is 5. The van der Waals surface area contributed by atoms with E-state index < -0.39 is 5.92 Å². The molecule has 3 aromatic rings. The number of aromatic nitrogens is 1. The van der Waals surface area contributed by atoms with Crippen LogP contribution in [0.25, 0.3) is 0 Å². The van der Waals surface area contributed by atoms with Crippen molar-refractivity contribution >= 4 is 0 Å². The van der Waals surface area contributed by atoms with Gasteiger partial charge in [0, 0.05) is 23.4 Å². The molecular weight excluding hydrogens is 450 g/mol. The molecule has 1 aromatic heterocycles. The van der Waals surface area contributed by atoms with Crippen molar-refractivity contribution in [3.05, 3.63) is 86.7 Å². The van der Waals surface area contributed by atoms with Gasteiger partial charge >= 0.3 is 0 Å². The van der Waals surface area contributed by atoms with E-state index >= 15 is 0 Å². The monoisotopic (exact) mass is 473 g/mol. The lowest BCUT2D eigenvalue weighted by Gasteiger charge is -2.28. The number of benzene rings is 2. The summed E-state index contributed by atoms with van der Waals surface area (Å²) in [6.45, 7) is 2.28. The average Bonchev–Trinajstić information content (AvgIpc) is 3.33. The van der Waals surface area contributed by atoms with Gasteiger partial charge < -0.3 is 34.0 Å². The maximum atomic E-state index is 13.9. The molecule has 0 fully saturated rings. The molecule has 0 saturated heterocycles. The summed E-state index contributed by atoms with van der Waals surface area (Å²) in [7, 11) is 3.07. The van der Waals surface area contributed by atoms with Gasteiger partial charge in [0.15, 0.2) is 11.5 Å². The molecule has 1 atom stereocenters. The minimum absolute atomic E-state index is 0.0461. The molecule has 0 unspecified atom stereocenters. The number of pyridine rings is 1. The van der Waals surface area contributed by atoms with E-state index in [2.05, 4.69) is 6.07 Å². The van der Waals surface area contributed by atoms with E-state index in [0.29, 0.717) is 52.1 Å². The highest BCUT2D eigenvalue weighted by Crippen LogP contribution is 2.44. The van der Waals surface area contributed by atoms with Crippen LogP contribution in [0.2, 0.25) is 0 Å². The SMILES string of the molecule is COc1ccc([C@@H]2C(C#N)=C(N)Oc3cc(C)n(Cc4ccc5c(c4)OCO5)c(=O)c32)c(OC)c1. The van der Waals surface area contributed by atoms with Crippen molar-refractivity contribution in [2.24, 2.45) is 5.73 Å². The molecule has 2 N–H and O–H groups in total. The van der Waals surface area contributed by atoms with Crippen LogP contribution in [0, 0.1) is 18.3 Å². The number of aryl methyl sites for hydroxylation is 1. The van der Waals surface area contributed by atoms with E-state index in [1.165, 1.54) is 7.11 Å². The molecule has 0 amide bonds. The minimum Gasteiger partial charge on any atom is -0.497 e. The fourth-order valence-corrected chi connectivity index (χ4v) is 4.47. The van der Waals surface area contributed by atoms with Gasteiger partial charge in [-0.05, 0) is 30.7 Å². The van der Waals surface area contributed by atoms with Crippen LogP contribution < -0.4 is 35.0 Å². The number of fused-ring (bicyclic) bond motifs is 2. The Morgan fingerprint density at radius 1 is 1.09 bits per heavy atom. The van der Waals surface area contributed by atoms with Crippen LogP contribution in [-0.2, 0) is 6.54 Å². The molecular formula is C26H23N3O6. The van der Waals surface area contributed by atoms with Gasteiger partial charge in [0.2, 0.25) is 12.7 Å². The minimum atomic E-state index is -0.777. The summed E-state index contributed by atoms with van der Waals surface area (Å²) in [6, 6.07) is 14.7. The molecule has 2 aromatic carbocycles. The molecule has 0 aliphatic carbocycles. The number of nitriles is 1. The molecule has 2 aliphatic rings. The Morgan fingerprint density at radius 2 is 1.89 bits per heavy atom. The quantitative estimate of drug-likeness (QED) is 0.600. The molecule has 9 heteroatoms. The summed E-state index contributed by atoms with van der Waals surface area (Å²) in [5, 5.41) is 9.95. The molecule has 2 aliphatic heterocycles. The topological polar surface area (TPSA) is 118 Å². The van der Waals surface area contributed by atoms with Crippen LogP contribution in [0.5, 0.6) is 28.7 Å². The molecule has 0 spiro atoms. The second-order valence-electron chi connectivity index (χ2n) is 8.18. The molecule has 5 rings (SSSR count). The lowest BCUT2D eigenvalue weighted by molar-refractivity contribution is 0.174. The fourth-order valence-electron chi connectivity index (χ4n) is 4.47. The maximum Gasteiger partial charge on any atom is 0.259 e. The van der Waals surface area contributed by atoms with Gasteiger partial charge in [0.25, 0.3) is 5.56 Å². The van der Waals surface area contributed by atoms with Crippen LogP contribution in [0.1, 0.15) is 28.3 Å². The van der Waals surface area contributed by atoms with Gasteiger partial charge in [-0.25, -0.2) is 0 Å². The zero-order chi connectivity index (χ0) is 24.7.